The summed E-state index contributed by atoms with van der Waals surface area (Å²) >= 11 is 0. The highest BCUT2D eigenvalue weighted by atomic mass is 16.5. The molecule has 3 aliphatic heterocycles. The molecule has 0 radical (unpaired) electrons. The minimum Gasteiger partial charge on any atom is -0.457 e. The van der Waals surface area contributed by atoms with E-state index in [0.717, 1.165) is 73.0 Å². The van der Waals surface area contributed by atoms with Gasteiger partial charge in [-0.15, -0.1) is 0 Å². The normalized spacial score (nSPS) is 14.9. The summed E-state index contributed by atoms with van der Waals surface area (Å²) in [6, 6.07) is 78.6. The lowest BCUT2D eigenvalue weighted by molar-refractivity contribution is 0.418. The van der Waals surface area contributed by atoms with Gasteiger partial charge < -0.3 is 23.4 Å². The van der Waals surface area contributed by atoms with Crippen molar-refractivity contribution in [1.29, 1.82) is 0 Å². The molecule has 0 atom stereocenters. The summed E-state index contributed by atoms with van der Waals surface area (Å²) in [5.74, 6) is 1.79. The molecular formula is C72H56BN3O2. The van der Waals surface area contributed by atoms with E-state index in [4.69, 9.17) is 9.15 Å². The first-order valence-corrected chi connectivity index (χ1v) is 27.5. The van der Waals surface area contributed by atoms with Crippen LogP contribution >= 0.6 is 0 Å². The molecule has 6 heteroatoms. The molecule has 0 amide bonds. The van der Waals surface area contributed by atoms with Gasteiger partial charge in [-0.05, 0) is 140 Å². The minimum absolute atomic E-state index is 0.0872. The van der Waals surface area contributed by atoms with E-state index in [9.17, 15) is 0 Å². The van der Waals surface area contributed by atoms with Gasteiger partial charge in [-0.25, -0.2) is 0 Å². The zero-order chi connectivity index (χ0) is 52.6. The van der Waals surface area contributed by atoms with Crippen molar-refractivity contribution in [1.82, 2.24) is 4.48 Å². The summed E-state index contributed by atoms with van der Waals surface area (Å²) in [7, 11) is 0. The van der Waals surface area contributed by atoms with E-state index >= 15 is 0 Å². The van der Waals surface area contributed by atoms with Crippen LogP contribution in [0.2, 0.25) is 0 Å². The van der Waals surface area contributed by atoms with Crippen LogP contribution in [0.15, 0.2) is 217 Å². The number of hydrogen-bond acceptors (Lipinski definition) is 4. The summed E-state index contributed by atoms with van der Waals surface area (Å²) in [6.07, 6.45) is 0. The van der Waals surface area contributed by atoms with Crippen LogP contribution in [0.3, 0.4) is 0 Å². The molecule has 16 rings (SSSR count). The summed E-state index contributed by atoms with van der Waals surface area (Å²) in [4.78, 5) is 5.06. The molecule has 0 N–H and O–H groups in total. The third-order valence-corrected chi connectivity index (χ3v) is 17.9. The lowest BCUT2D eigenvalue weighted by Crippen LogP contribution is -2.57. The van der Waals surface area contributed by atoms with Gasteiger partial charge in [-0.2, -0.15) is 0 Å². The highest BCUT2D eigenvalue weighted by molar-refractivity contribution is 6.90. The Bertz CT molecular complexity index is 4480. The topological polar surface area (TPSA) is 33.8 Å². The molecule has 2 aromatic heterocycles. The summed E-state index contributed by atoms with van der Waals surface area (Å²) in [6.45, 7) is 16.3. The second-order valence-corrected chi connectivity index (χ2v) is 24.0. The molecule has 5 heterocycles. The van der Waals surface area contributed by atoms with Crippen molar-refractivity contribution in [3.05, 3.63) is 240 Å². The Morgan fingerprint density at radius 3 is 1.88 bits per heavy atom. The molecule has 5 nitrogen and oxygen atoms in total. The van der Waals surface area contributed by atoms with Gasteiger partial charge in [-0.3, -0.25) is 0 Å². The Hall–Kier alpha value is -9.00. The minimum atomic E-state index is -0.372. The van der Waals surface area contributed by atoms with Crippen LogP contribution in [0.1, 0.15) is 76.3 Å². The number of hydrogen-bond donors (Lipinski definition) is 0. The zero-order valence-corrected chi connectivity index (χ0v) is 44.9. The van der Waals surface area contributed by atoms with Crippen molar-refractivity contribution >= 4 is 84.9 Å². The molecule has 4 aliphatic rings. The molecular weight excluding hydrogens is 950 g/mol. The third-order valence-electron chi connectivity index (χ3n) is 17.9. The van der Waals surface area contributed by atoms with Gasteiger partial charge in [0.1, 0.15) is 17.1 Å². The molecule has 0 fully saturated rings. The predicted octanol–water partition coefficient (Wildman–Crippen LogP) is 18.1. The van der Waals surface area contributed by atoms with Gasteiger partial charge in [0.15, 0.2) is 5.58 Å². The fourth-order valence-corrected chi connectivity index (χ4v) is 14.2. The third kappa shape index (κ3) is 6.09. The zero-order valence-electron chi connectivity index (χ0n) is 44.9. The molecule has 374 valence electrons. The molecule has 0 saturated heterocycles. The number of fused-ring (bicyclic) bond motifs is 15. The van der Waals surface area contributed by atoms with E-state index in [2.05, 4.69) is 275 Å². The van der Waals surface area contributed by atoms with Crippen molar-refractivity contribution in [3.8, 4) is 44.9 Å². The van der Waals surface area contributed by atoms with Crippen LogP contribution in [-0.2, 0) is 16.2 Å². The Balaban J connectivity index is 1.11. The summed E-state index contributed by atoms with van der Waals surface area (Å²) < 4.78 is 17.1. The van der Waals surface area contributed by atoms with E-state index < -0.39 is 0 Å². The number of ether oxygens (including phenoxy) is 1. The number of para-hydroxylation sites is 4. The fourth-order valence-electron chi connectivity index (χ4n) is 14.2. The van der Waals surface area contributed by atoms with Crippen LogP contribution in [0.25, 0.3) is 66.4 Å². The number of furan rings is 1. The highest BCUT2D eigenvalue weighted by Crippen LogP contribution is 2.60. The average Bonchev–Trinajstić information content (AvgIpc) is 2.20. The van der Waals surface area contributed by atoms with Crippen LogP contribution in [0.4, 0.5) is 34.1 Å². The van der Waals surface area contributed by atoms with Crippen molar-refractivity contribution < 1.29 is 9.15 Å². The molecule has 10 aromatic carbocycles. The molecule has 1 aliphatic carbocycles. The standard InChI is InChI=1S/C72H56BN3O2/c1-70(2,3)44-35-36-58(50(37-44)43-23-11-8-12-24-43)75-59-41-56-63(77-62-34-22-20-32-55(62)71(56,4)5)42-57(59)73-66-60(75)40-51-48-29-17-19-31-54(48)72(6,7)65(51)64(66)52-38-47(74(45-25-13-9-14-26-45)46-27-15-10-16-28-46)39-53-67(52)76(73)68-49-30-18-21-33-61(49)78-69(53)68/h8-42H,1-7H3. The van der Waals surface area contributed by atoms with Gasteiger partial charge in [0.2, 0.25) is 0 Å². The molecule has 0 bridgehead atoms. The van der Waals surface area contributed by atoms with Crippen LogP contribution in [0.5, 0.6) is 11.5 Å². The van der Waals surface area contributed by atoms with Crippen molar-refractivity contribution in [3.63, 3.8) is 0 Å². The van der Waals surface area contributed by atoms with Gasteiger partial charge in [0.05, 0.1) is 11.2 Å². The maximum atomic E-state index is 7.27. The molecule has 0 saturated carbocycles. The maximum Gasteiger partial charge on any atom is 0.333 e. The van der Waals surface area contributed by atoms with Crippen LogP contribution < -0.4 is 25.5 Å². The summed E-state index contributed by atoms with van der Waals surface area (Å²) in [5.41, 5.74) is 26.1. The maximum absolute atomic E-state index is 7.27. The van der Waals surface area contributed by atoms with Gasteiger partial charge in [0.25, 0.3) is 0 Å². The quantitative estimate of drug-likeness (QED) is 0.161. The highest BCUT2D eigenvalue weighted by Gasteiger charge is 2.50. The van der Waals surface area contributed by atoms with E-state index in [-0.39, 0.29) is 23.1 Å². The van der Waals surface area contributed by atoms with E-state index in [1.165, 1.54) is 77.8 Å². The Morgan fingerprint density at radius 1 is 0.474 bits per heavy atom. The summed E-state index contributed by atoms with van der Waals surface area (Å²) in [5, 5.41) is 2.18. The number of aromatic nitrogens is 1. The lowest BCUT2D eigenvalue weighted by Gasteiger charge is -2.44. The number of anilines is 6. The smallest absolute Gasteiger partial charge is 0.333 e. The first-order chi connectivity index (χ1) is 37.9. The largest absolute Gasteiger partial charge is 0.457 e. The average molecular weight is 1010 g/mol. The first kappa shape index (κ1) is 45.2. The Morgan fingerprint density at radius 2 is 1.14 bits per heavy atom. The number of benzene rings is 10. The predicted molar refractivity (Wildman–Crippen MR) is 325 cm³/mol. The van der Waals surface area contributed by atoms with E-state index in [1.54, 1.807) is 0 Å². The fraction of sp³-hybridized carbons (Fsp3) is 0.139. The molecule has 78 heavy (non-hydrogen) atoms. The second-order valence-electron chi connectivity index (χ2n) is 24.0. The van der Waals surface area contributed by atoms with Gasteiger partial charge in [-0.1, -0.05) is 176 Å². The van der Waals surface area contributed by atoms with Gasteiger partial charge in [0, 0.05) is 77.8 Å². The van der Waals surface area contributed by atoms with Crippen LogP contribution in [-0.4, -0.2) is 11.3 Å². The first-order valence-electron chi connectivity index (χ1n) is 27.5. The monoisotopic (exact) mass is 1010 g/mol. The van der Waals surface area contributed by atoms with Crippen LogP contribution in [0, 0.1) is 0 Å². The number of rotatable bonds is 5. The van der Waals surface area contributed by atoms with Crippen molar-refractivity contribution in [2.45, 2.75) is 64.7 Å². The van der Waals surface area contributed by atoms with Gasteiger partial charge >= 0.3 is 6.85 Å². The van der Waals surface area contributed by atoms with E-state index in [0.29, 0.717) is 0 Å². The Kier molecular flexibility index (Phi) is 9.16. The number of nitrogens with zero attached hydrogens (tertiary/aromatic N) is 3. The van der Waals surface area contributed by atoms with Crippen molar-refractivity contribution in [2.75, 3.05) is 9.80 Å². The molecule has 12 aromatic rings. The Labute approximate surface area is 455 Å². The SMILES string of the molecule is CC(C)(C)c1ccc(N2c3cc4c(cc3B3c5c2cc2c(c5-c5cc(N(c6ccccc6)c6ccccc6)cc6c7oc8ccccc8c7n3c56)C(C)(C)c3ccccc3-2)Oc2ccccc2C4(C)C)c(-c2ccccc2)c1. The van der Waals surface area contributed by atoms with Crippen molar-refractivity contribution in [2.24, 2.45) is 0 Å². The second kappa shape index (κ2) is 15.8. The van der Waals surface area contributed by atoms with E-state index in [1.807, 2.05) is 0 Å². The molecule has 0 spiro atoms. The lowest BCUT2D eigenvalue weighted by atomic mass is 9.44. The molecule has 0 unspecified atom stereocenters.